The largest absolute Gasteiger partial charge is 0.485 e. The number of carboxylic acid groups (broad SMARTS) is 1. The predicted octanol–water partition coefficient (Wildman–Crippen LogP) is 3.94. The van der Waals surface area contributed by atoms with E-state index in [0.717, 1.165) is 5.56 Å². The summed E-state index contributed by atoms with van der Waals surface area (Å²) in [7, 11) is 0. The van der Waals surface area contributed by atoms with Gasteiger partial charge < -0.3 is 18.7 Å². The Morgan fingerprint density at radius 3 is 2.67 bits per heavy atom. The van der Waals surface area contributed by atoms with E-state index in [0.29, 0.717) is 29.1 Å². The third-order valence-corrected chi connectivity index (χ3v) is 3.39. The molecule has 0 saturated heterocycles. The average Bonchev–Trinajstić information content (AvgIpc) is 3.23. The van der Waals surface area contributed by atoms with Crippen LogP contribution in [0.4, 0.5) is 0 Å². The first-order valence-electron chi connectivity index (χ1n) is 7.17. The first kappa shape index (κ1) is 15.6. The molecule has 0 aliphatic rings. The second-order valence-electron chi connectivity index (χ2n) is 5.18. The molecule has 0 aliphatic heterocycles. The van der Waals surface area contributed by atoms with Crippen LogP contribution in [0.2, 0.25) is 0 Å². The number of aldehydes is 1. The Bertz CT molecular complexity index is 887. The van der Waals surface area contributed by atoms with Gasteiger partial charge in [-0.3, -0.25) is 4.79 Å². The van der Waals surface area contributed by atoms with Crippen molar-refractivity contribution >= 4 is 12.3 Å². The van der Waals surface area contributed by atoms with Crippen molar-refractivity contribution < 1.29 is 28.3 Å². The topological polar surface area (TPSA) is 89.9 Å². The molecule has 0 amide bonds. The number of aryl methyl sites for hydroxylation is 1. The minimum atomic E-state index is -1.13. The third kappa shape index (κ3) is 3.22. The van der Waals surface area contributed by atoms with Crippen molar-refractivity contribution in [2.75, 3.05) is 0 Å². The van der Waals surface area contributed by atoms with Gasteiger partial charge in [0.2, 0.25) is 5.76 Å². The molecule has 3 aromatic rings. The number of aromatic carboxylic acids is 1. The summed E-state index contributed by atoms with van der Waals surface area (Å²) in [6.07, 6.45) is 0.635. The van der Waals surface area contributed by atoms with E-state index < -0.39 is 5.97 Å². The zero-order chi connectivity index (χ0) is 17.1. The molecule has 1 N–H and O–H groups in total. The van der Waals surface area contributed by atoms with Crippen LogP contribution >= 0.6 is 0 Å². The van der Waals surface area contributed by atoms with Crippen molar-refractivity contribution in [3.63, 3.8) is 0 Å². The average molecular weight is 326 g/mol. The van der Waals surface area contributed by atoms with Crippen LogP contribution in [0.1, 0.15) is 32.4 Å². The lowest BCUT2D eigenvalue weighted by atomic mass is 10.1. The van der Waals surface area contributed by atoms with Crippen LogP contribution < -0.4 is 4.74 Å². The standard InChI is InChI=1S/C18H14O6/c1-11-2-5-15(14(8-11)16-6-3-12(9-19)23-16)22-10-13-4-7-17(24-13)18(20)21/h2-9H,10H2,1H3,(H,20,21). The maximum absolute atomic E-state index is 10.8. The molecule has 6 nitrogen and oxygen atoms in total. The monoisotopic (exact) mass is 326 g/mol. The molecule has 0 fully saturated rings. The lowest BCUT2D eigenvalue weighted by molar-refractivity contribution is 0.0658. The molecule has 0 aliphatic carbocycles. The van der Waals surface area contributed by atoms with Crippen LogP contribution in [-0.2, 0) is 6.61 Å². The molecule has 3 rings (SSSR count). The highest BCUT2D eigenvalue weighted by molar-refractivity contribution is 5.84. The zero-order valence-electron chi connectivity index (χ0n) is 12.8. The van der Waals surface area contributed by atoms with Gasteiger partial charge >= 0.3 is 5.97 Å². The fraction of sp³-hybridized carbons (Fsp3) is 0.111. The Kier molecular flexibility index (Phi) is 4.20. The highest BCUT2D eigenvalue weighted by Crippen LogP contribution is 2.32. The summed E-state index contributed by atoms with van der Waals surface area (Å²) in [4.78, 5) is 21.6. The van der Waals surface area contributed by atoms with Gasteiger partial charge in [0.1, 0.15) is 23.9 Å². The number of carbonyl (C=O) groups excluding carboxylic acids is 1. The van der Waals surface area contributed by atoms with Crippen molar-refractivity contribution in [2.45, 2.75) is 13.5 Å². The minimum absolute atomic E-state index is 0.0740. The van der Waals surface area contributed by atoms with Gasteiger partial charge in [0.05, 0.1) is 5.56 Å². The number of rotatable bonds is 6. The van der Waals surface area contributed by atoms with E-state index in [1.807, 2.05) is 19.1 Å². The van der Waals surface area contributed by atoms with Gasteiger partial charge in [-0.2, -0.15) is 0 Å². The molecule has 2 heterocycles. The van der Waals surface area contributed by atoms with Gasteiger partial charge in [-0.1, -0.05) is 11.6 Å². The molecular weight excluding hydrogens is 312 g/mol. The van der Waals surface area contributed by atoms with E-state index in [1.165, 1.54) is 6.07 Å². The molecular formula is C18H14O6. The Morgan fingerprint density at radius 1 is 1.17 bits per heavy atom. The van der Waals surface area contributed by atoms with E-state index in [1.54, 1.807) is 24.3 Å². The number of hydrogen-bond donors (Lipinski definition) is 1. The van der Waals surface area contributed by atoms with Crippen molar-refractivity contribution in [3.8, 4) is 17.1 Å². The fourth-order valence-corrected chi connectivity index (χ4v) is 2.24. The van der Waals surface area contributed by atoms with Gasteiger partial charge in [-0.25, -0.2) is 4.79 Å². The van der Waals surface area contributed by atoms with Gasteiger partial charge in [0.15, 0.2) is 12.0 Å². The summed E-state index contributed by atoms with van der Waals surface area (Å²) in [6.45, 7) is 2.01. The van der Waals surface area contributed by atoms with E-state index >= 15 is 0 Å². The van der Waals surface area contributed by atoms with Gasteiger partial charge in [-0.05, 0) is 43.3 Å². The molecule has 6 heteroatoms. The van der Waals surface area contributed by atoms with Crippen molar-refractivity contribution in [3.05, 3.63) is 65.3 Å². The molecule has 0 unspecified atom stereocenters. The maximum Gasteiger partial charge on any atom is 0.371 e. The molecule has 1 aromatic carbocycles. The molecule has 0 saturated carbocycles. The highest BCUT2D eigenvalue weighted by atomic mass is 16.5. The third-order valence-electron chi connectivity index (χ3n) is 3.39. The van der Waals surface area contributed by atoms with E-state index in [-0.39, 0.29) is 18.1 Å². The lowest BCUT2D eigenvalue weighted by Gasteiger charge is -2.10. The van der Waals surface area contributed by atoms with Gasteiger partial charge in [-0.15, -0.1) is 0 Å². The smallest absolute Gasteiger partial charge is 0.371 e. The molecule has 24 heavy (non-hydrogen) atoms. The normalized spacial score (nSPS) is 10.5. The molecule has 0 bridgehead atoms. The maximum atomic E-state index is 10.8. The first-order chi connectivity index (χ1) is 11.6. The summed E-state index contributed by atoms with van der Waals surface area (Å²) < 4.78 is 16.3. The Labute approximate surface area is 137 Å². The van der Waals surface area contributed by atoms with Crippen molar-refractivity contribution in [2.24, 2.45) is 0 Å². The molecule has 0 spiro atoms. The highest BCUT2D eigenvalue weighted by Gasteiger charge is 2.13. The number of ether oxygens (including phenoxy) is 1. The SMILES string of the molecule is Cc1ccc(OCc2ccc(C(=O)O)o2)c(-c2ccc(C=O)o2)c1. The van der Waals surface area contributed by atoms with Crippen molar-refractivity contribution in [1.29, 1.82) is 0 Å². The van der Waals surface area contributed by atoms with Gasteiger partial charge in [0, 0.05) is 0 Å². The van der Waals surface area contributed by atoms with Crippen LogP contribution in [0.15, 0.2) is 51.3 Å². The molecule has 122 valence electrons. The summed E-state index contributed by atoms with van der Waals surface area (Å²) in [5.41, 5.74) is 1.71. The molecule has 0 atom stereocenters. The van der Waals surface area contributed by atoms with E-state index in [9.17, 15) is 9.59 Å². The first-order valence-corrected chi connectivity index (χ1v) is 7.17. The van der Waals surface area contributed by atoms with Crippen LogP contribution in [0.25, 0.3) is 11.3 Å². The number of hydrogen-bond acceptors (Lipinski definition) is 5. The zero-order valence-corrected chi connectivity index (χ0v) is 12.8. The Morgan fingerprint density at radius 2 is 2.00 bits per heavy atom. The van der Waals surface area contributed by atoms with E-state index in [4.69, 9.17) is 18.7 Å². The number of furan rings is 2. The van der Waals surface area contributed by atoms with Crippen LogP contribution in [-0.4, -0.2) is 17.4 Å². The number of carbonyl (C=O) groups is 2. The predicted molar refractivity (Wildman–Crippen MR) is 84.3 cm³/mol. The Hall–Kier alpha value is -3.28. The van der Waals surface area contributed by atoms with Gasteiger partial charge in [0.25, 0.3) is 0 Å². The van der Waals surface area contributed by atoms with Crippen molar-refractivity contribution in [1.82, 2.24) is 0 Å². The lowest BCUT2D eigenvalue weighted by Crippen LogP contribution is -1.97. The van der Waals surface area contributed by atoms with E-state index in [2.05, 4.69) is 0 Å². The molecule has 2 aromatic heterocycles. The fourth-order valence-electron chi connectivity index (χ4n) is 2.24. The van der Waals surface area contributed by atoms with Crippen LogP contribution in [0.3, 0.4) is 0 Å². The second-order valence-corrected chi connectivity index (χ2v) is 5.18. The van der Waals surface area contributed by atoms with Crippen LogP contribution in [0, 0.1) is 6.92 Å². The number of carboxylic acids is 1. The second kappa shape index (κ2) is 6.45. The summed E-state index contributed by atoms with van der Waals surface area (Å²) >= 11 is 0. The summed E-state index contributed by atoms with van der Waals surface area (Å²) in [5.74, 6) is 0.414. The summed E-state index contributed by atoms with van der Waals surface area (Å²) in [6, 6.07) is 11.8. The Balaban J connectivity index is 1.84. The quantitative estimate of drug-likeness (QED) is 0.690. The van der Waals surface area contributed by atoms with Crippen LogP contribution in [0.5, 0.6) is 5.75 Å². The minimum Gasteiger partial charge on any atom is -0.485 e. The molecule has 0 radical (unpaired) electrons. The number of benzene rings is 1. The summed E-state index contributed by atoms with van der Waals surface area (Å²) in [5, 5.41) is 8.86.